The summed E-state index contributed by atoms with van der Waals surface area (Å²) in [7, 11) is 3.87. The van der Waals surface area contributed by atoms with E-state index < -0.39 is 0 Å². The van der Waals surface area contributed by atoms with E-state index in [1.165, 1.54) is 12.8 Å². The quantitative estimate of drug-likeness (QED) is 0.859. The van der Waals surface area contributed by atoms with E-state index >= 15 is 0 Å². The maximum absolute atomic E-state index is 5.35. The average Bonchev–Trinajstić information content (AvgIpc) is 3.15. The molecular weight excluding hydrogens is 302 g/mol. The zero-order chi connectivity index (χ0) is 16.5. The van der Waals surface area contributed by atoms with Crippen molar-refractivity contribution in [1.82, 2.24) is 14.9 Å². The fourth-order valence-electron chi connectivity index (χ4n) is 3.51. The number of benzene rings is 1. The maximum Gasteiger partial charge on any atom is 0.172 e. The molecule has 0 atom stereocenters. The lowest BCUT2D eigenvalue weighted by molar-refractivity contribution is 0.312. The molecule has 0 aliphatic carbocycles. The fraction of sp³-hybridized carbons (Fsp3) is 0.556. The number of hydrogen-bond donors (Lipinski definition) is 0. The first-order valence-corrected chi connectivity index (χ1v) is 8.79. The highest BCUT2D eigenvalue weighted by atomic mass is 16.5. The van der Waals surface area contributed by atoms with Crippen LogP contribution in [0.5, 0.6) is 5.75 Å². The highest BCUT2D eigenvalue weighted by Gasteiger charge is 2.25. The van der Waals surface area contributed by atoms with Crippen LogP contribution in [0.15, 0.2) is 18.2 Å². The molecule has 0 amide bonds. The summed E-state index contributed by atoms with van der Waals surface area (Å²) in [6.07, 6.45) is 2.48. The summed E-state index contributed by atoms with van der Waals surface area (Å²) in [4.78, 5) is 17.1. The zero-order valence-electron chi connectivity index (χ0n) is 14.5. The second kappa shape index (κ2) is 6.43. The smallest absolute Gasteiger partial charge is 0.172 e. The Morgan fingerprint density at radius 3 is 2.12 bits per heavy atom. The lowest BCUT2D eigenvalue weighted by Crippen LogP contribution is -2.45. The second-order valence-corrected chi connectivity index (χ2v) is 6.71. The normalized spacial score (nSPS) is 19.2. The summed E-state index contributed by atoms with van der Waals surface area (Å²) in [5, 5.41) is 0. The molecule has 2 saturated heterocycles. The first-order valence-electron chi connectivity index (χ1n) is 8.79. The van der Waals surface area contributed by atoms with E-state index in [2.05, 4.69) is 21.7 Å². The molecule has 0 N–H and O–H groups in total. The Hall–Kier alpha value is -2.08. The van der Waals surface area contributed by atoms with E-state index in [1.807, 2.05) is 18.2 Å². The van der Waals surface area contributed by atoms with Crippen molar-refractivity contribution >= 4 is 22.7 Å². The van der Waals surface area contributed by atoms with Gasteiger partial charge in [-0.05, 0) is 32.0 Å². The number of likely N-dealkylation sites (N-methyl/N-ethyl adjacent to an activating group) is 1. The van der Waals surface area contributed by atoms with Crippen molar-refractivity contribution in [2.75, 3.05) is 63.2 Å². The topological polar surface area (TPSA) is 44.7 Å². The van der Waals surface area contributed by atoms with Crippen molar-refractivity contribution in [3.05, 3.63) is 18.2 Å². The van der Waals surface area contributed by atoms with Crippen LogP contribution in [-0.2, 0) is 0 Å². The number of rotatable bonds is 3. The van der Waals surface area contributed by atoms with Crippen LogP contribution in [0, 0.1) is 0 Å². The highest BCUT2D eigenvalue weighted by Crippen LogP contribution is 2.32. The number of anilines is 2. The van der Waals surface area contributed by atoms with E-state index in [4.69, 9.17) is 14.7 Å². The van der Waals surface area contributed by atoms with Crippen LogP contribution in [0.1, 0.15) is 12.8 Å². The molecule has 2 aliphatic heterocycles. The van der Waals surface area contributed by atoms with Crippen LogP contribution in [0.25, 0.3) is 11.0 Å². The fourth-order valence-corrected chi connectivity index (χ4v) is 3.51. The zero-order valence-corrected chi connectivity index (χ0v) is 14.5. The summed E-state index contributed by atoms with van der Waals surface area (Å²) in [6, 6.07) is 5.95. The number of hydrogen-bond acceptors (Lipinski definition) is 6. The van der Waals surface area contributed by atoms with E-state index in [0.717, 1.165) is 67.7 Å². The van der Waals surface area contributed by atoms with Gasteiger partial charge in [-0.25, -0.2) is 9.97 Å². The van der Waals surface area contributed by atoms with E-state index in [1.54, 1.807) is 7.11 Å². The molecule has 3 heterocycles. The van der Waals surface area contributed by atoms with Crippen LogP contribution in [0.3, 0.4) is 0 Å². The average molecular weight is 327 g/mol. The minimum Gasteiger partial charge on any atom is -0.497 e. The number of aromatic nitrogens is 2. The second-order valence-electron chi connectivity index (χ2n) is 6.71. The summed E-state index contributed by atoms with van der Waals surface area (Å²) in [6.45, 7) is 6.30. The van der Waals surface area contributed by atoms with Crippen molar-refractivity contribution in [1.29, 1.82) is 0 Å². The van der Waals surface area contributed by atoms with Gasteiger partial charge >= 0.3 is 0 Å². The van der Waals surface area contributed by atoms with E-state index in [9.17, 15) is 0 Å². The molecule has 6 heteroatoms. The highest BCUT2D eigenvalue weighted by molar-refractivity contribution is 5.82. The number of methoxy groups -OCH3 is 1. The van der Waals surface area contributed by atoms with Gasteiger partial charge in [-0.1, -0.05) is 0 Å². The van der Waals surface area contributed by atoms with Crippen molar-refractivity contribution in [2.45, 2.75) is 12.8 Å². The van der Waals surface area contributed by atoms with Gasteiger partial charge in [-0.15, -0.1) is 0 Å². The molecule has 2 aliphatic rings. The number of ether oxygens (including phenoxy) is 1. The van der Waals surface area contributed by atoms with Gasteiger partial charge in [0.1, 0.15) is 5.75 Å². The third-order valence-electron chi connectivity index (χ3n) is 5.04. The third-order valence-corrected chi connectivity index (χ3v) is 5.04. The lowest BCUT2D eigenvalue weighted by Gasteiger charge is -2.35. The van der Waals surface area contributed by atoms with Gasteiger partial charge in [-0.2, -0.15) is 0 Å². The molecule has 4 rings (SSSR count). The molecule has 24 heavy (non-hydrogen) atoms. The van der Waals surface area contributed by atoms with Gasteiger partial charge in [0.25, 0.3) is 0 Å². The van der Waals surface area contributed by atoms with Crippen LogP contribution in [0.4, 0.5) is 11.6 Å². The van der Waals surface area contributed by atoms with Crippen LogP contribution in [0.2, 0.25) is 0 Å². The Balaban J connectivity index is 1.78. The van der Waals surface area contributed by atoms with Crippen LogP contribution in [-0.4, -0.2) is 68.3 Å². The summed E-state index contributed by atoms with van der Waals surface area (Å²) in [5.41, 5.74) is 1.85. The monoisotopic (exact) mass is 327 g/mol. The van der Waals surface area contributed by atoms with Crippen molar-refractivity contribution < 1.29 is 4.74 Å². The molecule has 0 spiro atoms. The van der Waals surface area contributed by atoms with Crippen molar-refractivity contribution in [2.24, 2.45) is 0 Å². The van der Waals surface area contributed by atoms with Crippen molar-refractivity contribution in [3.8, 4) is 5.75 Å². The Labute approximate surface area is 143 Å². The number of piperazine rings is 1. The van der Waals surface area contributed by atoms with Gasteiger partial charge in [-0.3, -0.25) is 0 Å². The van der Waals surface area contributed by atoms with Crippen LogP contribution < -0.4 is 14.5 Å². The molecule has 6 nitrogen and oxygen atoms in total. The molecule has 2 fully saturated rings. The van der Waals surface area contributed by atoms with E-state index in [0.29, 0.717) is 0 Å². The standard InChI is InChI=1S/C18H25N5O/c1-21-9-11-23(12-10-21)18-17(22-7-3-4-8-22)19-15-6-5-14(24-2)13-16(15)20-18/h5-6,13H,3-4,7-12H2,1-2H3. The molecule has 1 aromatic carbocycles. The molecular formula is C18H25N5O. The maximum atomic E-state index is 5.35. The summed E-state index contributed by atoms with van der Waals surface area (Å²) < 4.78 is 5.35. The minimum atomic E-state index is 0.829. The minimum absolute atomic E-state index is 0.829. The number of nitrogens with zero attached hydrogens (tertiary/aromatic N) is 5. The van der Waals surface area contributed by atoms with Gasteiger partial charge in [0.15, 0.2) is 11.6 Å². The molecule has 0 radical (unpaired) electrons. The molecule has 1 aromatic heterocycles. The molecule has 0 bridgehead atoms. The predicted molar refractivity (Wildman–Crippen MR) is 97.2 cm³/mol. The Kier molecular flexibility index (Phi) is 4.14. The Bertz CT molecular complexity index is 721. The molecule has 128 valence electrons. The van der Waals surface area contributed by atoms with Crippen molar-refractivity contribution in [3.63, 3.8) is 0 Å². The lowest BCUT2D eigenvalue weighted by atomic mass is 10.2. The van der Waals surface area contributed by atoms with Gasteiger partial charge in [0, 0.05) is 45.3 Å². The first kappa shape index (κ1) is 15.4. The largest absolute Gasteiger partial charge is 0.497 e. The van der Waals surface area contributed by atoms with Gasteiger partial charge in [0.2, 0.25) is 0 Å². The number of fused-ring (bicyclic) bond motifs is 1. The van der Waals surface area contributed by atoms with Crippen LogP contribution >= 0.6 is 0 Å². The van der Waals surface area contributed by atoms with Gasteiger partial charge < -0.3 is 19.4 Å². The third kappa shape index (κ3) is 2.86. The first-order chi connectivity index (χ1) is 11.7. The predicted octanol–water partition coefficient (Wildman–Crippen LogP) is 1.99. The Morgan fingerprint density at radius 2 is 1.46 bits per heavy atom. The molecule has 0 unspecified atom stereocenters. The SMILES string of the molecule is COc1ccc2nc(N3CCCC3)c(N3CCN(C)CC3)nc2c1. The summed E-state index contributed by atoms with van der Waals surface area (Å²) >= 11 is 0. The Morgan fingerprint density at radius 1 is 0.833 bits per heavy atom. The molecule has 2 aromatic rings. The summed E-state index contributed by atoms with van der Waals surface area (Å²) in [5.74, 6) is 2.91. The van der Waals surface area contributed by atoms with Gasteiger partial charge in [0.05, 0.1) is 18.1 Å². The molecule has 0 saturated carbocycles. The van der Waals surface area contributed by atoms with E-state index in [-0.39, 0.29) is 0 Å².